The molecule has 3 atom stereocenters. The fourth-order valence-electron chi connectivity index (χ4n) is 6.59. The van der Waals surface area contributed by atoms with E-state index in [1.165, 1.54) is 54.1 Å². The van der Waals surface area contributed by atoms with Gasteiger partial charge in [0, 0.05) is 41.6 Å². The summed E-state index contributed by atoms with van der Waals surface area (Å²) >= 11 is 0. The first kappa shape index (κ1) is 22.0. The average molecular weight is 437 g/mol. The number of rotatable bonds is 6. The SMILES string of the molecule is CCCCN1C[C@H](C(=O)OC2CCCCC2)CC2c3cccc4c3c(cn4C(C)C)CC21. The van der Waals surface area contributed by atoms with Gasteiger partial charge in [-0.15, -0.1) is 0 Å². The second-order valence-corrected chi connectivity index (χ2v) is 10.8. The number of likely N-dealkylation sites (tertiary alicyclic amines) is 1. The first-order valence-corrected chi connectivity index (χ1v) is 13.1. The quantitative estimate of drug-likeness (QED) is 0.504. The van der Waals surface area contributed by atoms with E-state index in [0.717, 1.165) is 38.8 Å². The summed E-state index contributed by atoms with van der Waals surface area (Å²) in [6, 6.07) is 7.79. The predicted molar refractivity (Wildman–Crippen MR) is 130 cm³/mol. The number of carbonyl (C=O) groups excluding carboxylic acids is 1. The second kappa shape index (κ2) is 9.21. The van der Waals surface area contributed by atoms with Gasteiger partial charge in [-0.25, -0.2) is 0 Å². The Morgan fingerprint density at radius 3 is 2.75 bits per heavy atom. The highest BCUT2D eigenvalue weighted by Gasteiger charge is 2.43. The zero-order valence-electron chi connectivity index (χ0n) is 20.2. The summed E-state index contributed by atoms with van der Waals surface area (Å²) in [6.07, 6.45) is 12.8. The van der Waals surface area contributed by atoms with Crippen molar-refractivity contribution >= 4 is 16.9 Å². The van der Waals surface area contributed by atoms with Crippen LogP contribution in [0.15, 0.2) is 24.4 Å². The Morgan fingerprint density at radius 1 is 1.19 bits per heavy atom. The fraction of sp³-hybridized carbons (Fsp3) is 0.679. The molecule has 1 aromatic carbocycles. The van der Waals surface area contributed by atoms with Gasteiger partial charge in [-0.3, -0.25) is 9.69 Å². The van der Waals surface area contributed by atoms with Crippen LogP contribution in [0, 0.1) is 5.92 Å². The number of benzene rings is 1. The Kier molecular flexibility index (Phi) is 6.33. The molecule has 1 saturated carbocycles. The smallest absolute Gasteiger partial charge is 0.310 e. The van der Waals surface area contributed by atoms with E-state index in [1.54, 1.807) is 0 Å². The number of carbonyl (C=O) groups is 1. The van der Waals surface area contributed by atoms with E-state index in [4.69, 9.17) is 4.74 Å². The van der Waals surface area contributed by atoms with Gasteiger partial charge < -0.3 is 9.30 Å². The lowest BCUT2D eigenvalue weighted by molar-refractivity contribution is -0.158. The topological polar surface area (TPSA) is 34.5 Å². The number of hydrogen-bond donors (Lipinski definition) is 0. The molecule has 2 aromatic rings. The Balaban J connectivity index is 1.45. The Morgan fingerprint density at radius 2 is 2.00 bits per heavy atom. The van der Waals surface area contributed by atoms with E-state index in [0.29, 0.717) is 18.0 Å². The molecule has 4 heteroatoms. The lowest BCUT2D eigenvalue weighted by Crippen LogP contribution is -2.52. The van der Waals surface area contributed by atoms with Gasteiger partial charge in [-0.2, -0.15) is 0 Å². The van der Waals surface area contributed by atoms with Crippen molar-refractivity contribution in [3.05, 3.63) is 35.5 Å². The van der Waals surface area contributed by atoms with Crippen molar-refractivity contribution in [2.24, 2.45) is 5.92 Å². The molecular weight excluding hydrogens is 396 g/mol. The summed E-state index contributed by atoms with van der Waals surface area (Å²) in [5.74, 6) is 0.484. The molecule has 0 radical (unpaired) electrons. The monoisotopic (exact) mass is 436 g/mol. The number of esters is 1. The van der Waals surface area contributed by atoms with Crippen LogP contribution in [0.1, 0.15) is 95.2 Å². The van der Waals surface area contributed by atoms with Crippen LogP contribution < -0.4 is 0 Å². The van der Waals surface area contributed by atoms with Crippen LogP contribution in [0.3, 0.4) is 0 Å². The lowest BCUT2D eigenvalue weighted by Gasteiger charge is -2.46. The molecule has 0 bridgehead atoms. The van der Waals surface area contributed by atoms with Crippen LogP contribution in [0.4, 0.5) is 0 Å². The number of unbranched alkanes of at least 4 members (excludes halogenated alkanes) is 1. The largest absolute Gasteiger partial charge is 0.462 e. The number of aromatic nitrogens is 1. The summed E-state index contributed by atoms with van der Waals surface area (Å²) in [4.78, 5) is 15.9. The summed E-state index contributed by atoms with van der Waals surface area (Å²) in [5, 5.41) is 1.46. The van der Waals surface area contributed by atoms with Crippen molar-refractivity contribution in [2.75, 3.05) is 13.1 Å². The van der Waals surface area contributed by atoms with Crippen molar-refractivity contribution < 1.29 is 9.53 Å². The molecule has 1 aliphatic heterocycles. The zero-order valence-corrected chi connectivity index (χ0v) is 20.2. The number of hydrogen-bond acceptors (Lipinski definition) is 3. The number of ether oxygens (including phenoxy) is 1. The van der Waals surface area contributed by atoms with Crippen molar-refractivity contribution in [1.82, 2.24) is 9.47 Å². The van der Waals surface area contributed by atoms with Gasteiger partial charge in [0.2, 0.25) is 0 Å². The van der Waals surface area contributed by atoms with Gasteiger partial charge in [-0.1, -0.05) is 31.9 Å². The molecule has 2 fully saturated rings. The molecule has 0 spiro atoms. The highest BCUT2D eigenvalue weighted by Crippen LogP contribution is 2.46. The van der Waals surface area contributed by atoms with E-state index in [2.05, 4.69) is 54.6 Å². The fourth-order valence-corrected chi connectivity index (χ4v) is 6.59. The summed E-state index contributed by atoms with van der Waals surface area (Å²) in [6.45, 7) is 8.75. The Hall–Kier alpha value is -1.81. The van der Waals surface area contributed by atoms with E-state index in [9.17, 15) is 4.79 Å². The summed E-state index contributed by atoms with van der Waals surface area (Å²) in [7, 11) is 0. The van der Waals surface area contributed by atoms with Gasteiger partial charge in [-0.05, 0) is 82.5 Å². The van der Waals surface area contributed by atoms with Crippen LogP contribution >= 0.6 is 0 Å². The van der Waals surface area contributed by atoms with Crippen molar-refractivity contribution in [3.8, 4) is 0 Å². The minimum absolute atomic E-state index is 0.000904. The highest BCUT2D eigenvalue weighted by atomic mass is 16.5. The Bertz CT molecular complexity index is 956. The molecule has 1 saturated heterocycles. The third kappa shape index (κ3) is 4.00. The molecule has 4 nitrogen and oxygen atoms in total. The van der Waals surface area contributed by atoms with Gasteiger partial charge in [0.25, 0.3) is 0 Å². The first-order chi connectivity index (χ1) is 15.6. The van der Waals surface area contributed by atoms with Gasteiger partial charge in [0.1, 0.15) is 6.10 Å². The molecule has 2 unspecified atom stereocenters. The van der Waals surface area contributed by atoms with Crippen LogP contribution in [0.5, 0.6) is 0 Å². The Labute approximate surface area is 193 Å². The average Bonchev–Trinajstić information content (AvgIpc) is 3.18. The van der Waals surface area contributed by atoms with E-state index in [-0.39, 0.29) is 18.0 Å². The van der Waals surface area contributed by atoms with Crippen molar-refractivity contribution in [1.29, 1.82) is 0 Å². The van der Waals surface area contributed by atoms with Gasteiger partial charge in [0.15, 0.2) is 0 Å². The van der Waals surface area contributed by atoms with E-state index >= 15 is 0 Å². The molecule has 0 N–H and O–H groups in total. The maximum Gasteiger partial charge on any atom is 0.310 e. The van der Waals surface area contributed by atoms with E-state index in [1.807, 2.05) is 0 Å². The maximum atomic E-state index is 13.3. The van der Waals surface area contributed by atoms with Crippen molar-refractivity contribution in [3.63, 3.8) is 0 Å². The molecule has 2 aliphatic carbocycles. The number of nitrogens with zero attached hydrogens (tertiary/aromatic N) is 2. The normalized spacial score (nSPS) is 26.4. The number of piperidine rings is 1. The van der Waals surface area contributed by atoms with Crippen LogP contribution in [0.25, 0.3) is 10.9 Å². The predicted octanol–water partition coefficient (Wildman–Crippen LogP) is 6.23. The van der Waals surface area contributed by atoms with Crippen LogP contribution in [-0.4, -0.2) is 40.7 Å². The maximum absolute atomic E-state index is 13.3. The summed E-state index contributed by atoms with van der Waals surface area (Å²) < 4.78 is 8.51. The molecular formula is C28H40N2O2. The van der Waals surface area contributed by atoms with E-state index < -0.39 is 0 Å². The molecule has 0 amide bonds. The highest BCUT2D eigenvalue weighted by molar-refractivity contribution is 5.89. The molecule has 2 heterocycles. The molecule has 1 aromatic heterocycles. The molecule has 32 heavy (non-hydrogen) atoms. The number of fused-ring (bicyclic) bond motifs is 2. The minimum atomic E-state index is -0.000904. The van der Waals surface area contributed by atoms with Crippen LogP contribution in [-0.2, 0) is 16.0 Å². The van der Waals surface area contributed by atoms with Crippen molar-refractivity contribution in [2.45, 2.75) is 103 Å². The first-order valence-electron chi connectivity index (χ1n) is 13.1. The standard InChI is InChI=1S/C28H40N2O2/c1-4-5-14-29-17-21(28(31)32-22-10-7-6-8-11-22)15-24-23-12-9-13-25-27(23)20(16-26(24)29)18-30(25)19(2)3/h9,12-13,18-19,21-22,24,26H,4-8,10-11,14-17H2,1-3H3/t21-,24?,26?/m1/s1. The third-order valence-electron chi connectivity index (χ3n) is 8.25. The van der Waals surface area contributed by atoms with Gasteiger partial charge in [0.05, 0.1) is 5.92 Å². The molecule has 5 rings (SSSR count). The molecule has 3 aliphatic rings. The second-order valence-electron chi connectivity index (χ2n) is 10.8. The molecule has 174 valence electrons. The minimum Gasteiger partial charge on any atom is -0.462 e. The van der Waals surface area contributed by atoms with Gasteiger partial charge >= 0.3 is 5.97 Å². The third-order valence-corrected chi connectivity index (χ3v) is 8.25. The lowest BCUT2D eigenvalue weighted by atomic mass is 9.72. The summed E-state index contributed by atoms with van der Waals surface area (Å²) in [5.41, 5.74) is 4.32. The van der Waals surface area contributed by atoms with Crippen LogP contribution in [0.2, 0.25) is 0 Å². The zero-order chi connectivity index (χ0) is 22.2.